The Morgan fingerprint density at radius 2 is 1.90 bits per heavy atom. The highest BCUT2D eigenvalue weighted by Gasteiger charge is 2.39. The van der Waals surface area contributed by atoms with Gasteiger partial charge >= 0.3 is 12.1 Å². The first-order valence-corrected chi connectivity index (χ1v) is 16.3. The minimum atomic E-state index is -4.64. The number of aromatic nitrogens is 3. The van der Waals surface area contributed by atoms with Crippen molar-refractivity contribution in [3.05, 3.63) is 33.8 Å². The molecule has 230 valence electrons. The van der Waals surface area contributed by atoms with Crippen molar-refractivity contribution in [1.29, 1.82) is 0 Å². The highest BCUT2D eigenvalue weighted by molar-refractivity contribution is 7.98. The molecule has 0 amide bonds. The number of carboxylic acid groups (broad SMARTS) is 1. The van der Waals surface area contributed by atoms with E-state index in [0.29, 0.717) is 33.5 Å². The molecule has 42 heavy (non-hydrogen) atoms. The van der Waals surface area contributed by atoms with Gasteiger partial charge in [0.2, 0.25) is 5.89 Å². The zero-order valence-electron chi connectivity index (χ0n) is 23.6. The maximum atomic E-state index is 13.2. The summed E-state index contributed by atoms with van der Waals surface area (Å²) in [6, 6.07) is 0.789. The van der Waals surface area contributed by atoms with Gasteiger partial charge in [-0.3, -0.25) is 4.79 Å². The molecule has 1 unspecified atom stereocenters. The SMILES string of the molecule is C=S(=O)(N[C@@H](C)C(F)(F)F)c1ccc(-c2sc(-c3nnc(CC(C)(C)C(=O)O)o3)nc2CC2CC(C)(C)C2)c(Cl)c1Cl. The molecule has 2 atom stereocenters. The van der Waals surface area contributed by atoms with Gasteiger partial charge in [-0.1, -0.05) is 43.1 Å². The standard InChI is InChI=1S/C27H31Cl2F3N4O4S2/c1-13(27(30,31)32)36-42(6,39)17-8-7-15(19(28)20(17)29)21-16(9-14-10-25(2,3)11-14)33-23(41-21)22-35-34-18(40-22)12-26(4,5)24(37)38/h7-8,13-14H,6,9-12H2,1-5H3,(H,36,39)(H,37,38)/t13-,42?/m0/s1. The predicted molar refractivity (Wildman–Crippen MR) is 158 cm³/mol. The number of nitrogens with one attached hydrogen (secondary N) is 1. The van der Waals surface area contributed by atoms with E-state index >= 15 is 0 Å². The molecule has 1 fully saturated rings. The van der Waals surface area contributed by atoms with Crippen LogP contribution in [0, 0.1) is 16.7 Å². The summed E-state index contributed by atoms with van der Waals surface area (Å²) in [4.78, 5) is 16.8. The summed E-state index contributed by atoms with van der Waals surface area (Å²) in [5, 5.41) is 17.7. The summed E-state index contributed by atoms with van der Waals surface area (Å²) in [5.74, 6) is 3.09. The van der Waals surface area contributed by atoms with Gasteiger partial charge in [-0.25, -0.2) is 13.9 Å². The van der Waals surface area contributed by atoms with Crippen molar-refractivity contribution >= 4 is 56.1 Å². The minimum Gasteiger partial charge on any atom is -0.481 e. The minimum absolute atomic E-state index is 0.00758. The van der Waals surface area contributed by atoms with E-state index in [0.717, 1.165) is 19.8 Å². The van der Waals surface area contributed by atoms with E-state index in [9.17, 15) is 27.3 Å². The van der Waals surface area contributed by atoms with E-state index in [1.165, 1.54) is 23.5 Å². The van der Waals surface area contributed by atoms with Crippen molar-refractivity contribution in [1.82, 2.24) is 19.9 Å². The molecule has 0 bridgehead atoms. The van der Waals surface area contributed by atoms with Crippen LogP contribution < -0.4 is 4.72 Å². The fourth-order valence-electron chi connectivity index (χ4n) is 4.96. The second-order valence-corrected chi connectivity index (χ2v) is 15.9. The molecule has 1 aromatic carbocycles. The molecule has 1 aliphatic rings. The third-order valence-corrected chi connectivity index (χ3v) is 11.1. The number of rotatable bonds is 10. The van der Waals surface area contributed by atoms with E-state index in [2.05, 4.69) is 29.9 Å². The van der Waals surface area contributed by atoms with E-state index in [-0.39, 0.29) is 38.6 Å². The first kappa shape index (κ1) is 32.7. The Bertz CT molecular complexity index is 1610. The number of aliphatic carboxylic acids is 1. The van der Waals surface area contributed by atoms with E-state index < -0.39 is 33.3 Å². The number of halogens is 5. The number of carbonyl (C=O) groups is 1. The third kappa shape index (κ3) is 6.96. The normalized spacial score (nSPS) is 18.0. The maximum absolute atomic E-state index is 13.2. The Hall–Kier alpha value is -2.19. The van der Waals surface area contributed by atoms with Crippen molar-refractivity contribution in [2.24, 2.45) is 16.7 Å². The molecule has 0 spiro atoms. The Morgan fingerprint density at radius 3 is 2.48 bits per heavy atom. The van der Waals surface area contributed by atoms with Gasteiger partial charge in [-0.2, -0.15) is 13.2 Å². The fourth-order valence-corrected chi connectivity index (χ4v) is 8.42. The van der Waals surface area contributed by atoms with Crippen LogP contribution in [-0.4, -0.2) is 48.6 Å². The molecule has 0 saturated heterocycles. The lowest BCUT2D eigenvalue weighted by molar-refractivity contribution is -0.147. The average molecular weight is 668 g/mol. The number of hydrogen-bond acceptors (Lipinski definition) is 7. The summed E-state index contributed by atoms with van der Waals surface area (Å²) < 4.78 is 60.4. The molecular formula is C27H31Cl2F3N4O4S2. The van der Waals surface area contributed by atoms with E-state index in [4.69, 9.17) is 32.6 Å². The van der Waals surface area contributed by atoms with E-state index in [1.807, 2.05) is 4.72 Å². The van der Waals surface area contributed by atoms with Crippen LogP contribution in [0.25, 0.3) is 21.3 Å². The highest BCUT2D eigenvalue weighted by Crippen LogP contribution is 2.49. The monoisotopic (exact) mass is 666 g/mol. The van der Waals surface area contributed by atoms with E-state index in [1.54, 1.807) is 13.8 Å². The number of alkyl halides is 3. The first-order chi connectivity index (χ1) is 19.2. The molecular weight excluding hydrogens is 636 g/mol. The number of thiazole rings is 1. The predicted octanol–water partition coefficient (Wildman–Crippen LogP) is 7.33. The molecule has 1 aliphatic carbocycles. The molecule has 15 heteroatoms. The number of carboxylic acids is 1. The average Bonchev–Trinajstić information content (AvgIpc) is 3.45. The van der Waals surface area contributed by atoms with Gasteiger partial charge in [0.05, 0.1) is 40.6 Å². The molecule has 0 radical (unpaired) electrons. The van der Waals surface area contributed by atoms with Crippen molar-refractivity contribution in [3.63, 3.8) is 0 Å². The Balaban J connectivity index is 1.72. The topological polar surface area (TPSA) is 118 Å². The first-order valence-electron chi connectivity index (χ1n) is 13.0. The van der Waals surface area contributed by atoms with Crippen molar-refractivity contribution in [2.75, 3.05) is 0 Å². The van der Waals surface area contributed by atoms with Gasteiger partial charge < -0.3 is 9.52 Å². The van der Waals surface area contributed by atoms with Crippen LogP contribution in [0.3, 0.4) is 0 Å². The molecule has 1 saturated carbocycles. The highest BCUT2D eigenvalue weighted by atomic mass is 35.5. The van der Waals surface area contributed by atoms with Crippen molar-refractivity contribution in [3.8, 4) is 21.3 Å². The van der Waals surface area contributed by atoms with Crippen LogP contribution in [0.2, 0.25) is 10.0 Å². The van der Waals surface area contributed by atoms with Crippen molar-refractivity contribution in [2.45, 2.75) is 77.4 Å². The van der Waals surface area contributed by atoms with Crippen LogP contribution in [-0.2, 0) is 27.3 Å². The molecule has 2 aromatic heterocycles. The summed E-state index contributed by atoms with van der Waals surface area (Å²) in [6.45, 7) is 8.33. The van der Waals surface area contributed by atoms with Gasteiger partial charge in [-0.15, -0.1) is 21.5 Å². The Kier molecular flexibility index (Phi) is 8.87. The second kappa shape index (κ2) is 11.4. The Labute approximate surface area is 256 Å². The summed E-state index contributed by atoms with van der Waals surface area (Å²) in [5.41, 5.74) is 0.255. The van der Waals surface area contributed by atoms with Gasteiger partial charge in [-0.05, 0) is 63.3 Å². The molecule has 3 aromatic rings. The van der Waals surface area contributed by atoms with Crippen LogP contribution in [0.4, 0.5) is 13.2 Å². The zero-order valence-corrected chi connectivity index (χ0v) is 26.7. The summed E-state index contributed by atoms with van der Waals surface area (Å²) in [6.07, 6.45) is -2.01. The quantitative estimate of drug-likeness (QED) is 0.218. The molecule has 8 nitrogen and oxygen atoms in total. The number of hydrogen-bond donors (Lipinski definition) is 2. The molecule has 2 heterocycles. The molecule has 4 rings (SSSR count). The van der Waals surface area contributed by atoms with Gasteiger partial charge in [0.25, 0.3) is 5.89 Å². The van der Waals surface area contributed by atoms with Gasteiger partial charge in [0.15, 0.2) is 5.01 Å². The Morgan fingerprint density at radius 1 is 1.26 bits per heavy atom. The van der Waals surface area contributed by atoms with Crippen LogP contribution in [0.1, 0.15) is 59.0 Å². The third-order valence-electron chi connectivity index (χ3n) is 7.19. The van der Waals surface area contributed by atoms with Crippen LogP contribution >= 0.6 is 34.5 Å². The second-order valence-electron chi connectivity index (χ2n) is 12.1. The molecule has 0 aliphatic heterocycles. The smallest absolute Gasteiger partial charge is 0.404 e. The molecule has 2 N–H and O–H groups in total. The number of nitrogens with zero attached hydrogens (tertiary/aromatic N) is 3. The number of benzene rings is 1. The zero-order chi connectivity index (χ0) is 31.4. The van der Waals surface area contributed by atoms with Crippen LogP contribution in [0.5, 0.6) is 0 Å². The van der Waals surface area contributed by atoms with Crippen molar-refractivity contribution < 1.29 is 31.7 Å². The fraction of sp³-hybridized carbons (Fsp3) is 0.519. The maximum Gasteiger partial charge on any atom is 0.404 e. The lowest BCUT2D eigenvalue weighted by Crippen LogP contribution is -2.42. The summed E-state index contributed by atoms with van der Waals surface area (Å²) in [7, 11) is -3.66. The van der Waals surface area contributed by atoms with Crippen LogP contribution in [0.15, 0.2) is 21.4 Å². The largest absolute Gasteiger partial charge is 0.481 e. The summed E-state index contributed by atoms with van der Waals surface area (Å²) >= 11 is 14.4. The van der Waals surface area contributed by atoms with Gasteiger partial charge in [0, 0.05) is 12.0 Å². The van der Waals surface area contributed by atoms with Gasteiger partial charge in [0.1, 0.15) is 6.04 Å². The lowest BCUT2D eigenvalue weighted by Gasteiger charge is -2.42. The lowest BCUT2D eigenvalue weighted by atomic mass is 9.63.